The fourth-order valence-corrected chi connectivity index (χ4v) is 3.53. The van der Waals surface area contributed by atoms with Gasteiger partial charge in [0, 0.05) is 22.5 Å². The van der Waals surface area contributed by atoms with Crippen LogP contribution in [0.2, 0.25) is 0 Å². The molecule has 4 nitrogen and oxygen atoms in total. The Hall–Kier alpha value is -1.59. The van der Waals surface area contributed by atoms with Crippen molar-refractivity contribution < 1.29 is 4.79 Å². The summed E-state index contributed by atoms with van der Waals surface area (Å²) in [7, 11) is 0. The molecule has 0 saturated carbocycles. The molecule has 1 saturated heterocycles. The summed E-state index contributed by atoms with van der Waals surface area (Å²) in [5.41, 5.74) is 1.78. The van der Waals surface area contributed by atoms with Gasteiger partial charge in [-0.25, -0.2) is 0 Å². The van der Waals surface area contributed by atoms with E-state index in [0.29, 0.717) is 11.0 Å². The maximum absolute atomic E-state index is 12.0. The third kappa shape index (κ3) is 3.95. The van der Waals surface area contributed by atoms with Crippen LogP contribution in [0.25, 0.3) is 10.9 Å². The minimum atomic E-state index is 0.0711. The summed E-state index contributed by atoms with van der Waals surface area (Å²) in [4.78, 5) is 16.3. The zero-order valence-electron chi connectivity index (χ0n) is 11.8. The van der Waals surface area contributed by atoms with Crippen molar-refractivity contribution in [1.29, 1.82) is 0 Å². The van der Waals surface area contributed by atoms with E-state index in [-0.39, 0.29) is 5.91 Å². The molecule has 5 heteroatoms. The summed E-state index contributed by atoms with van der Waals surface area (Å²) in [5, 5.41) is 7.96. The number of carbonyl (C=O) groups excluding carboxylic acids is 1. The molecule has 1 aromatic carbocycles. The van der Waals surface area contributed by atoms with Crippen LogP contribution < -0.4 is 10.6 Å². The SMILES string of the molecule is O=C(CSC1CCNCC1)Nc1ccc2ncccc2c1. The monoisotopic (exact) mass is 301 g/mol. The van der Waals surface area contributed by atoms with E-state index < -0.39 is 0 Å². The molecule has 2 heterocycles. The Morgan fingerprint density at radius 1 is 1.33 bits per heavy atom. The summed E-state index contributed by atoms with van der Waals surface area (Å²) >= 11 is 1.76. The zero-order valence-corrected chi connectivity index (χ0v) is 12.7. The number of thioether (sulfide) groups is 1. The lowest BCUT2D eigenvalue weighted by Gasteiger charge is -2.21. The minimum Gasteiger partial charge on any atom is -0.325 e. The van der Waals surface area contributed by atoms with Crippen molar-refractivity contribution in [2.24, 2.45) is 0 Å². The van der Waals surface area contributed by atoms with E-state index in [1.165, 1.54) is 0 Å². The number of amides is 1. The number of carbonyl (C=O) groups is 1. The van der Waals surface area contributed by atoms with E-state index >= 15 is 0 Å². The summed E-state index contributed by atoms with van der Waals surface area (Å²) in [6.07, 6.45) is 4.08. The lowest BCUT2D eigenvalue weighted by Crippen LogP contribution is -2.30. The summed E-state index contributed by atoms with van der Waals surface area (Å²) in [5.74, 6) is 0.595. The van der Waals surface area contributed by atoms with Crippen molar-refractivity contribution in [3.8, 4) is 0 Å². The van der Waals surface area contributed by atoms with E-state index in [2.05, 4.69) is 15.6 Å². The highest BCUT2D eigenvalue weighted by atomic mass is 32.2. The molecular formula is C16H19N3OS. The van der Waals surface area contributed by atoms with Crippen molar-refractivity contribution in [2.45, 2.75) is 18.1 Å². The Labute approximate surface area is 128 Å². The van der Waals surface area contributed by atoms with Gasteiger partial charge in [-0.1, -0.05) is 6.07 Å². The van der Waals surface area contributed by atoms with Crippen molar-refractivity contribution >= 4 is 34.3 Å². The van der Waals surface area contributed by atoms with Gasteiger partial charge in [-0.15, -0.1) is 11.8 Å². The van der Waals surface area contributed by atoms with E-state index in [9.17, 15) is 4.79 Å². The molecule has 1 fully saturated rings. The van der Waals surface area contributed by atoms with Crippen LogP contribution >= 0.6 is 11.8 Å². The van der Waals surface area contributed by atoms with Gasteiger partial charge in [0.05, 0.1) is 11.3 Å². The number of nitrogens with zero attached hydrogens (tertiary/aromatic N) is 1. The second kappa shape index (κ2) is 6.91. The first-order valence-electron chi connectivity index (χ1n) is 7.28. The Kier molecular flexibility index (Phi) is 4.72. The van der Waals surface area contributed by atoms with Gasteiger partial charge in [-0.2, -0.15) is 0 Å². The number of anilines is 1. The highest BCUT2D eigenvalue weighted by Gasteiger charge is 2.15. The number of fused-ring (bicyclic) bond motifs is 1. The van der Waals surface area contributed by atoms with Crippen LogP contribution in [0, 0.1) is 0 Å². The van der Waals surface area contributed by atoms with E-state index in [0.717, 1.165) is 42.5 Å². The van der Waals surface area contributed by atoms with Gasteiger partial charge in [0.15, 0.2) is 0 Å². The van der Waals surface area contributed by atoms with Crippen molar-refractivity contribution in [3.05, 3.63) is 36.5 Å². The Bertz CT molecular complexity index is 626. The number of nitrogens with one attached hydrogen (secondary N) is 2. The van der Waals surface area contributed by atoms with Crippen LogP contribution in [0.5, 0.6) is 0 Å². The van der Waals surface area contributed by atoms with Crippen molar-refractivity contribution in [3.63, 3.8) is 0 Å². The first-order chi connectivity index (χ1) is 10.3. The number of aromatic nitrogens is 1. The minimum absolute atomic E-state index is 0.0711. The van der Waals surface area contributed by atoms with Gasteiger partial charge in [0.1, 0.15) is 0 Å². The van der Waals surface area contributed by atoms with Crippen LogP contribution in [0.1, 0.15) is 12.8 Å². The molecule has 0 atom stereocenters. The first-order valence-corrected chi connectivity index (χ1v) is 8.33. The molecule has 0 aliphatic carbocycles. The number of hydrogen-bond acceptors (Lipinski definition) is 4. The Morgan fingerprint density at radius 3 is 3.05 bits per heavy atom. The Balaban J connectivity index is 1.55. The fraction of sp³-hybridized carbons (Fsp3) is 0.375. The van der Waals surface area contributed by atoms with Gasteiger partial charge in [0.25, 0.3) is 0 Å². The van der Waals surface area contributed by atoms with Crippen LogP contribution in [-0.4, -0.2) is 35.0 Å². The van der Waals surface area contributed by atoms with Crippen LogP contribution in [0.3, 0.4) is 0 Å². The fourth-order valence-electron chi connectivity index (χ4n) is 2.51. The summed E-state index contributed by atoms with van der Waals surface area (Å²) < 4.78 is 0. The molecule has 3 rings (SSSR count). The van der Waals surface area contributed by atoms with E-state index in [4.69, 9.17) is 0 Å². The molecule has 0 spiro atoms. The van der Waals surface area contributed by atoms with Gasteiger partial charge in [0.2, 0.25) is 5.91 Å². The molecule has 1 aliphatic rings. The molecule has 0 radical (unpaired) electrons. The average Bonchev–Trinajstić information content (AvgIpc) is 2.54. The lowest BCUT2D eigenvalue weighted by molar-refractivity contribution is -0.113. The number of rotatable bonds is 4. The smallest absolute Gasteiger partial charge is 0.234 e. The third-order valence-corrected chi connectivity index (χ3v) is 4.99. The molecule has 110 valence electrons. The molecule has 21 heavy (non-hydrogen) atoms. The van der Waals surface area contributed by atoms with Crippen LogP contribution in [0.4, 0.5) is 5.69 Å². The molecule has 1 aromatic heterocycles. The summed E-state index contributed by atoms with van der Waals surface area (Å²) in [6, 6.07) is 9.71. The Morgan fingerprint density at radius 2 is 2.19 bits per heavy atom. The zero-order chi connectivity index (χ0) is 14.5. The second-order valence-corrected chi connectivity index (χ2v) is 6.51. The lowest BCUT2D eigenvalue weighted by atomic mass is 10.2. The van der Waals surface area contributed by atoms with Gasteiger partial charge in [-0.3, -0.25) is 9.78 Å². The van der Waals surface area contributed by atoms with E-state index in [1.54, 1.807) is 18.0 Å². The normalized spacial score (nSPS) is 16.0. The molecule has 1 aliphatic heterocycles. The van der Waals surface area contributed by atoms with Crippen molar-refractivity contribution in [1.82, 2.24) is 10.3 Å². The standard InChI is InChI=1S/C16H19N3OS/c20-16(11-21-14-5-8-17-9-6-14)19-13-3-4-15-12(10-13)2-1-7-18-15/h1-4,7,10,14,17H,5-6,8-9,11H2,(H,19,20). The second-order valence-electron chi connectivity index (χ2n) is 5.22. The maximum Gasteiger partial charge on any atom is 0.234 e. The van der Waals surface area contributed by atoms with E-state index in [1.807, 2.05) is 30.3 Å². The number of piperidine rings is 1. The number of benzene rings is 1. The van der Waals surface area contributed by atoms with Crippen LogP contribution in [-0.2, 0) is 4.79 Å². The molecule has 2 N–H and O–H groups in total. The first kappa shape index (κ1) is 14.4. The third-order valence-electron chi connectivity index (χ3n) is 3.62. The van der Waals surface area contributed by atoms with Crippen LogP contribution in [0.15, 0.2) is 36.5 Å². The highest BCUT2D eigenvalue weighted by molar-refractivity contribution is 8.00. The predicted octanol–water partition coefficient (Wildman–Crippen LogP) is 2.66. The van der Waals surface area contributed by atoms with Crippen molar-refractivity contribution in [2.75, 3.05) is 24.2 Å². The maximum atomic E-state index is 12.0. The van der Waals surface area contributed by atoms with Gasteiger partial charge in [-0.05, 0) is 50.2 Å². The average molecular weight is 301 g/mol. The van der Waals surface area contributed by atoms with Gasteiger partial charge < -0.3 is 10.6 Å². The molecule has 0 unspecified atom stereocenters. The highest BCUT2D eigenvalue weighted by Crippen LogP contribution is 2.21. The quantitative estimate of drug-likeness (QED) is 0.911. The molecular weight excluding hydrogens is 282 g/mol. The molecule has 1 amide bonds. The largest absolute Gasteiger partial charge is 0.325 e. The van der Waals surface area contributed by atoms with Gasteiger partial charge >= 0.3 is 0 Å². The molecule has 0 bridgehead atoms. The predicted molar refractivity (Wildman–Crippen MR) is 88.7 cm³/mol. The number of pyridine rings is 1. The topological polar surface area (TPSA) is 54.0 Å². The molecule has 2 aromatic rings. The number of hydrogen-bond donors (Lipinski definition) is 2. The summed E-state index contributed by atoms with van der Waals surface area (Å²) in [6.45, 7) is 2.13.